The number of allylic oxidation sites excluding steroid dienone is 4. The van der Waals surface area contributed by atoms with Crippen molar-refractivity contribution in [3.63, 3.8) is 0 Å². The van der Waals surface area contributed by atoms with E-state index in [2.05, 4.69) is 45.1 Å². The van der Waals surface area contributed by atoms with E-state index in [9.17, 15) is 14.4 Å². The largest absolute Gasteiger partial charge is 0.462 e. The maximum absolute atomic E-state index is 12.8. The summed E-state index contributed by atoms with van der Waals surface area (Å²) in [7, 11) is 0. The molecule has 0 aliphatic rings. The van der Waals surface area contributed by atoms with E-state index in [0.29, 0.717) is 19.3 Å². The van der Waals surface area contributed by atoms with Crippen molar-refractivity contribution in [1.29, 1.82) is 0 Å². The third-order valence-corrected chi connectivity index (χ3v) is 14.2. The van der Waals surface area contributed by atoms with Gasteiger partial charge in [0.15, 0.2) is 6.10 Å². The van der Waals surface area contributed by atoms with Gasteiger partial charge < -0.3 is 14.2 Å². The average molecular weight is 986 g/mol. The zero-order valence-corrected chi connectivity index (χ0v) is 47.3. The Morgan fingerprint density at radius 1 is 0.271 bits per heavy atom. The first-order valence-corrected chi connectivity index (χ1v) is 31.3. The predicted octanol–water partition coefficient (Wildman–Crippen LogP) is 21.1. The van der Waals surface area contributed by atoms with Crippen LogP contribution in [0.3, 0.4) is 0 Å². The van der Waals surface area contributed by atoms with Crippen LogP contribution >= 0.6 is 0 Å². The van der Waals surface area contributed by atoms with Crippen molar-refractivity contribution >= 4 is 17.9 Å². The quantitative estimate of drug-likeness (QED) is 0.0261. The summed E-state index contributed by atoms with van der Waals surface area (Å²) in [5.74, 6) is -0.861. The second kappa shape index (κ2) is 59.5. The van der Waals surface area contributed by atoms with Gasteiger partial charge in [0.2, 0.25) is 0 Å². The van der Waals surface area contributed by atoms with Crippen LogP contribution in [-0.2, 0) is 28.6 Å². The SMILES string of the molecule is CCCCCCC/C=C\CCCCCCCC(=O)OC(COC(=O)CCCCCCCCCCC)COC(=O)CCCCCCCCCCCCCCCCCCC/C=C\CCCCCCCCCC. The summed E-state index contributed by atoms with van der Waals surface area (Å²) in [4.78, 5) is 38.0. The highest BCUT2D eigenvalue weighted by Gasteiger charge is 2.19. The molecule has 0 saturated heterocycles. The molecule has 70 heavy (non-hydrogen) atoms. The summed E-state index contributed by atoms with van der Waals surface area (Å²) >= 11 is 0. The molecule has 0 heterocycles. The van der Waals surface area contributed by atoms with Crippen LogP contribution < -0.4 is 0 Å². The minimum atomic E-state index is -0.770. The minimum absolute atomic E-state index is 0.0696. The molecule has 0 aromatic heterocycles. The Hall–Kier alpha value is -2.11. The number of carbonyl (C=O) groups is 3. The summed E-state index contributed by atoms with van der Waals surface area (Å²) in [5.41, 5.74) is 0. The van der Waals surface area contributed by atoms with Gasteiger partial charge in [0, 0.05) is 19.3 Å². The lowest BCUT2D eigenvalue weighted by Crippen LogP contribution is -2.30. The van der Waals surface area contributed by atoms with E-state index >= 15 is 0 Å². The van der Waals surface area contributed by atoms with Crippen LogP contribution in [0.5, 0.6) is 0 Å². The fourth-order valence-electron chi connectivity index (χ4n) is 9.44. The molecule has 1 unspecified atom stereocenters. The third-order valence-electron chi connectivity index (χ3n) is 14.2. The molecule has 0 spiro atoms. The van der Waals surface area contributed by atoms with E-state index in [-0.39, 0.29) is 31.1 Å². The Morgan fingerprint density at radius 3 is 0.714 bits per heavy atom. The molecule has 412 valence electrons. The molecule has 0 radical (unpaired) electrons. The van der Waals surface area contributed by atoms with Crippen LogP contribution in [0.2, 0.25) is 0 Å². The van der Waals surface area contributed by atoms with Gasteiger partial charge in [0.25, 0.3) is 0 Å². The Bertz CT molecular complexity index is 1130. The first kappa shape index (κ1) is 67.9. The molecular formula is C64H120O6. The van der Waals surface area contributed by atoms with Crippen molar-refractivity contribution in [2.45, 2.75) is 354 Å². The van der Waals surface area contributed by atoms with E-state index < -0.39 is 6.10 Å². The Kier molecular flexibility index (Phi) is 57.7. The number of unbranched alkanes of at least 4 members (excludes halogenated alkanes) is 43. The summed E-state index contributed by atoms with van der Waals surface area (Å²) in [6.07, 6.45) is 70.7. The topological polar surface area (TPSA) is 78.9 Å². The number of carbonyl (C=O) groups excluding carboxylic acids is 3. The molecule has 0 aromatic rings. The average Bonchev–Trinajstić information content (AvgIpc) is 3.36. The van der Waals surface area contributed by atoms with Crippen molar-refractivity contribution in [2.75, 3.05) is 13.2 Å². The molecule has 0 saturated carbocycles. The molecule has 0 amide bonds. The van der Waals surface area contributed by atoms with E-state index in [1.807, 2.05) is 0 Å². The fraction of sp³-hybridized carbons (Fsp3) is 0.891. The molecule has 0 aliphatic heterocycles. The molecular weight excluding hydrogens is 865 g/mol. The zero-order chi connectivity index (χ0) is 50.7. The van der Waals surface area contributed by atoms with Gasteiger partial charge in [-0.25, -0.2) is 0 Å². The standard InChI is InChI=1S/C64H120O6/c1-4-7-10-13-16-19-21-23-25-26-27-28-29-30-31-32-33-34-35-36-37-38-39-41-42-45-48-51-54-57-63(66)69-60-61(59-68-62(65)56-53-50-47-44-18-15-12-9-6-3)70-64(67)58-55-52-49-46-43-40-24-22-20-17-14-11-8-5-2/h22,24,26-27,61H,4-21,23,25,28-60H2,1-3H3/b24-22-,27-26-. The van der Waals surface area contributed by atoms with Gasteiger partial charge in [-0.1, -0.05) is 283 Å². The molecule has 0 N–H and O–H groups in total. The molecule has 1 atom stereocenters. The van der Waals surface area contributed by atoms with Crippen LogP contribution in [0.1, 0.15) is 348 Å². The first-order valence-electron chi connectivity index (χ1n) is 31.3. The second-order valence-electron chi connectivity index (χ2n) is 21.3. The van der Waals surface area contributed by atoms with Crippen molar-refractivity contribution in [3.8, 4) is 0 Å². The lowest BCUT2D eigenvalue weighted by atomic mass is 10.0. The van der Waals surface area contributed by atoms with Crippen molar-refractivity contribution in [3.05, 3.63) is 24.3 Å². The van der Waals surface area contributed by atoms with Gasteiger partial charge >= 0.3 is 17.9 Å². The smallest absolute Gasteiger partial charge is 0.306 e. The van der Waals surface area contributed by atoms with Gasteiger partial charge in [-0.2, -0.15) is 0 Å². The molecule has 6 heteroatoms. The first-order chi connectivity index (χ1) is 34.5. The molecule has 0 aliphatic carbocycles. The second-order valence-corrected chi connectivity index (χ2v) is 21.3. The monoisotopic (exact) mass is 985 g/mol. The zero-order valence-electron chi connectivity index (χ0n) is 47.3. The third kappa shape index (κ3) is 56.8. The highest BCUT2D eigenvalue weighted by molar-refractivity contribution is 5.71. The number of hydrogen-bond acceptors (Lipinski definition) is 6. The Balaban J connectivity index is 4.06. The minimum Gasteiger partial charge on any atom is -0.462 e. The van der Waals surface area contributed by atoms with Crippen LogP contribution in [0.15, 0.2) is 24.3 Å². The Morgan fingerprint density at radius 2 is 0.471 bits per heavy atom. The van der Waals surface area contributed by atoms with Gasteiger partial charge in [-0.05, 0) is 70.6 Å². The number of ether oxygens (including phenoxy) is 3. The lowest BCUT2D eigenvalue weighted by Gasteiger charge is -2.18. The molecule has 0 fully saturated rings. The lowest BCUT2D eigenvalue weighted by molar-refractivity contribution is -0.167. The van der Waals surface area contributed by atoms with Gasteiger partial charge in [-0.3, -0.25) is 14.4 Å². The molecule has 6 nitrogen and oxygen atoms in total. The van der Waals surface area contributed by atoms with Crippen LogP contribution in [0.4, 0.5) is 0 Å². The Labute approximate surface area is 436 Å². The maximum Gasteiger partial charge on any atom is 0.306 e. The summed E-state index contributed by atoms with van der Waals surface area (Å²) in [6.45, 7) is 6.65. The van der Waals surface area contributed by atoms with E-state index in [4.69, 9.17) is 14.2 Å². The van der Waals surface area contributed by atoms with Crippen LogP contribution in [-0.4, -0.2) is 37.2 Å². The van der Waals surface area contributed by atoms with Crippen LogP contribution in [0, 0.1) is 0 Å². The van der Waals surface area contributed by atoms with Gasteiger partial charge in [0.05, 0.1) is 0 Å². The van der Waals surface area contributed by atoms with Gasteiger partial charge in [-0.15, -0.1) is 0 Å². The number of esters is 3. The predicted molar refractivity (Wildman–Crippen MR) is 303 cm³/mol. The van der Waals surface area contributed by atoms with E-state index in [1.165, 1.54) is 244 Å². The molecule has 0 aromatic carbocycles. The van der Waals surface area contributed by atoms with E-state index in [0.717, 1.165) is 64.2 Å². The highest BCUT2D eigenvalue weighted by atomic mass is 16.6. The normalized spacial score (nSPS) is 12.1. The van der Waals surface area contributed by atoms with Crippen LogP contribution in [0.25, 0.3) is 0 Å². The summed E-state index contributed by atoms with van der Waals surface area (Å²) in [5, 5.41) is 0. The molecule has 0 bridgehead atoms. The van der Waals surface area contributed by atoms with Crippen molar-refractivity contribution in [1.82, 2.24) is 0 Å². The summed E-state index contributed by atoms with van der Waals surface area (Å²) in [6, 6.07) is 0. The van der Waals surface area contributed by atoms with Gasteiger partial charge in [0.1, 0.15) is 13.2 Å². The van der Waals surface area contributed by atoms with Crippen molar-refractivity contribution < 1.29 is 28.6 Å². The number of hydrogen-bond donors (Lipinski definition) is 0. The maximum atomic E-state index is 12.8. The van der Waals surface area contributed by atoms with E-state index in [1.54, 1.807) is 0 Å². The highest BCUT2D eigenvalue weighted by Crippen LogP contribution is 2.17. The molecule has 0 rings (SSSR count). The summed E-state index contributed by atoms with van der Waals surface area (Å²) < 4.78 is 16.8. The van der Waals surface area contributed by atoms with Crippen molar-refractivity contribution in [2.24, 2.45) is 0 Å². The fourth-order valence-corrected chi connectivity index (χ4v) is 9.44. The number of rotatable bonds is 58.